The number of rotatable bonds is 9. The van der Waals surface area contributed by atoms with Gasteiger partial charge in [-0.05, 0) is 116 Å². The first-order chi connectivity index (χ1) is 21.5. The molecule has 0 saturated heterocycles. The van der Waals surface area contributed by atoms with Gasteiger partial charge < -0.3 is 25.8 Å². The summed E-state index contributed by atoms with van der Waals surface area (Å²) in [6.45, 7) is 12.2. The molecule has 8 nitrogen and oxygen atoms in total. The zero-order valence-corrected chi connectivity index (χ0v) is 27.0. The van der Waals surface area contributed by atoms with Gasteiger partial charge in [0.2, 0.25) is 0 Å². The van der Waals surface area contributed by atoms with Gasteiger partial charge in [0, 0.05) is 38.9 Å². The van der Waals surface area contributed by atoms with Gasteiger partial charge in [-0.15, -0.1) is 0 Å². The van der Waals surface area contributed by atoms with Gasteiger partial charge in [-0.2, -0.15) is 0 Å². The van der Waals surface area contributed by atoms with Crippen molar-refractivity contribution in [1.82, 2.24) is 25.3 Å². The van der Waals surface area contributed by atoms with E-state index in [2.05, 4.69) is 61.6 Å². The van der Waals surface area contributed by atoms with E-state index < -0.39 is 5.82 Å². The normalized spacial score (nSPS) is 12.0. The molecule has 0 aliphatic carbocycles. The number of fused-ring (bicyclic) bond motifs is 2. The fraction of sp³-hybridized carbons (Fsp3) is 0.171. The van der Waals surface area contributed by atoms with E-state index in [-0.39, 0.29) is 17.8 Å². The van der Waals surface area contributed by atoms with Crippen molar-refractivity contribution in [3.05, 3.63) is 101 Å². The molecule has 6 rings (SSSR count). The van der Waals surface area contributed by atoms with Crippen molar-refractivity contribution < 1.29 is 9.13 Å². The lowest BCUT2D eigenvalue weighted by Crippen LogP contribution is -2.20. The number of benzene rings is 4. The lowest BCUT2D eigenvalue weighted by Gasteiger charge is -2.12. The maximum Gasteiger partial charge on any atom is 0.166 e. The molecule has 45 heavy (non-hydrogen) atoms. The molecule has 5 N–H and O–H groups in total. The number of halogens is 2. The molecular weight excluding hydrogens is 633 g/mol. The van der Waals surface area contributed by atoms with E-state index in [9.17, 15) is 0 Å². The van der Waals surface area contributed by atoms with Gasteiger partial charge in [0.1, 0.15) is 23.2 Å². The summed E-state index contributed by atoms with van der Waals surface area (Å²) in [6.07, 6.45) is 0. The number of nitrogens with one attached hydrogen (secondary N) is 3. The Morgan fingerprint density at radius 2 is 1.56 bits per heavy atom. The van der Waals surface area contributed by atoms with E-state index in [0.29, 0.717) is 28.8 Å². The highest BCUT2D eigenvalue weighted by molar-refractivity contribution is 9.10. The minimum Gasteiger partial charge on any atom is -0.454 e. The molecule has 0 spiro atoms. The first kappa shape index (κ1) is 30.1. The average molecular weight is 667 g/mol. The highest BCUT2D eigenvalue weighted by Gasteiger charge is 2.15. The maximum absolute atomic E-state index is 15.3. The van der Waals surface area contributed by atoms with Crippen molar-refractivity contribution in [2.24, 2.45) is 10.7 Å². The summed E-state index contributed by atoms with van der Waals surface area (Å²) >= 11 is 3.63. The lowest BCUT2D eigenvalue weighted by atomic mass is 10.1. The van der Waals surface area contributed by atoms with Crippen LogP contribution < -0.4 is 15.8 Å². The Bertz CT molecular complexity index is 2090. The Kier molecular flexibility index (Phi) is 8.16. The number of imidazole rings is 2. The number of nitrogens with two attached hydrogens (primary N) is 1. The van der Waals surface area contributed by atoms with Gasteiger partial charge in [0.05, 0.1) is 22.1 Å². The van der Waals surface area contributed by atoms with E-state index >= 15 is 4.39 Å². The monoisotopic (exact) mass is 665 g/mol. The third-order valence-corrected chi connectivity index (χ3v) is 7.75. The molecular formula is C35H33BrFN7O. The molecule has 4 aromatic carbocycles. The molecule has 0 amide bonds. The first-order valence-electron chi connectivity index (χ1n) is 14.6. The number of aromatic amines is 2. The molecule has 0 aliphatic rings. The molecule has 2 aromatic heterocycles. The predicted octanol–water partition coefficient (Wildman–Crippen LogP) is 8.55. The summed E-state index contributed by atoms with van der Waals surface area (Å²) in [5.74, 6) is 1.80. The van der Waals surface area contributed by atoms with Gasteiger partial charge in [-0.25, -0.2) is 14.4 Å². The van der Waals surface area contributed by atoms with E-state index in [4.69, 9.17) is 15.5 Å². The topological polar surface area (TPSA) is 117 Å². The second-order valence-corrected chi connectivity index (χ2v) is 12.3. The number of ether oxygens (including phenoxy) is 1. The third kappa shape index (κ3) is 6.46. The van der Waals surface area contributed by atoms with Gasteiger partial charge >= 0.3 is 0 Å². The minimum absolute atomic E-state index is 0.102. The smallest absolute Gasteiger partial charge is 0.166 e. The fourth-order valence-electron chi connectivity index (χ4n) is 5.02. The van der Waals surface area contributed by atoms with Gasteiger partial charge in [-0.1, -0.05) is 12.6 Å². The van der Waals surface area contributed by atoms with E-state index in [1.54, 1.807) is 24.3 Å². The number of hydrogen-bond acceptors (Lipinski definition) is 5. The largest absolute Gasteiger partial charge is 0.454 e. The van der Waals surface area contributed by atoms with Crippen molar-refractivity contribution in [2.75, 3.05) is 0 Å². The number of nitrogens with zero attached hydrogens (tertiary/aromatic N) is 3. The molecule has 0 radical (unpaired) electrons. The highest BCUT2D eigenvalue weighted by Crippen LogP contribution is 2.35. The number of aromatic nitrogens is 4. The van der Waals surface area contributed by atoms with E-state index in [0.717, 1.165) is 48.9 Å². The Morgan fingerprint density at radius 1 is 0.889 bits per heavy atom. The van der Waals surface area contributed by atoms with E-state index in [1.807, 2.05) is 56.3 Å². The standard InChI is InChI=1S/C35H33BrFN7O/c1-18(2)39-20(5)21-6-11-28-30(15-21)43-34(41-28)23-8-13-32(27(37)14-23)45-24-9-10-25(26(36)17-24)35-42-29-12-7-22(16-31(29)44-35)33(38)40-19(3)4/h6-19,39H,5H2,1-4H3,(H2,38,40)(H,41,43)(H,42,44). The summed E-state index contributed by atoms with van der Waals surface area (Å²) in [4.78, 5) is 20.5. The summed E-state index contributed by atoms with van der Waals surface area (Å²) in [5.41, 5.74) is 13.5. The lowest BCUT2D eigenvalue weighted by molar-refractivity contribution is 0.442. The first-order valence-corrected chi connectivity index (χ1v) is 15.4. The molecule has 0 bridgehead atoms. The van der Waals surface area contributed by atoms with Gasteiger partial charge in [-0.3, -0.25) is 4.99 Å². The quantitative estimate of drug-likeness (QED) is 0.0912. The Hall–Kier alpha value is -4.96. The van der Waals surface area contributed by atoms with Crippen molar-refractivity contribution in [3.8, 4) is 34.3 Å². The van der Waals surface area contributed by atoms with Crippen LogP contribution in [0.15, 0.2) is 88.8 Å². The van der Waals surface area contributed by atoms with Crippen LogP contribution in [0.25, 0.3) is 50.5 Å². The number of amidine groups is 1. The van der Waals surface area contributed by atoms with Crippen LogP contribution in [-0.2, 0) is 0 Å². The van der Waals surface area contributed by atoms with Crippen molar-refractivity contribution in [3.63, 3.8) is 0 Å². The van der Waals surface area contributed by atoms with Crippen LogP contribution in [0.4, 0.5) is 4.39 Å². The SMILES string of the molecule is C=C(NC(C)C)c1ccc2nc(-c3ccc(Oc4ccc(-c5nc6ccc(C(N)=NC(C)C)cc6[nH]5)c(Br)c4)c(F)c3)[nH]c2c1. The molecule has 0 fully saturated rings. The number of hydrogen-bond donors (Lipinski definition) is 4. The van der Waals surface area contributed by atoms with Gasteiger partial charge in [0.15, 0.2) is 11.6 Å². The van der Waals surface area contributed by atoms with Crippen LogP contribution in [0.2, 0.25) is 0 Å². The van der Waals surface area contributed by atoms with Crippen LogP contribution in [0.1, 0.15) is 38.8 Å². The Morgan fingerprint density at radius 3 is 2.22 bits per heavy atom. The van der Waals surface area contributed by atoms with E-state index in [1.165, 1.54) is 6.07 Å². The number of H-pyrrole nitrogens is 2. The molecule has 2 heterocycles. The molecule has 0 saturated carbocycles. The van der Waals surface area contributed by atoms with Crippen LogP contribution >= 0.6 is 15.9 Å². The molecule has 6 aromatic rings. The summed E-state index contributed by atoms with van der Waals surface area (Å²) in [5, 5.41) is 3.32. The van der Waals surface area contributed by atoms with Crippen molar-refractivity contribution in [2.45, 2.75) is 39.8 Å². The van der Waals surface area contributed by atoms with Gasteiger partial charge in [0.25, 0.3) is 0 Å². The highest BCUT2D eigenvalue weighted by atomic mass is 79.9. The van der Waals surface area contributed by atoms with Crippen LogP contribution in [0.5, 0.6) is 11.5 Å². The average Bonchev–Trinajstić information content (AvgIpc) is 3.61. The maximum atomic E-state index is 15.3. The Balaban J connectivity index is 1.20. The molecule has 10 heteroatoms. The second-order valence-electron chi connectivity index (χ2n) is 11.4. The molecule has 0 atom stereocenters. The van der Waals surface area contributed by atoms with Crippen LogP contribution in [0, 0.1) is 5.82 Å². The Labute approximate surface area is 268 Å². The second kappa shape index (κ2) is 12.2. The molecule has 0 aliphatic heterocycles. The third-order valence-electron chi connectivity index (χ3n) is 7.10. The summed E-state index contributed by atoms with van der Waals surface area (Å²) in [6, 6.07) is 22.2. The fourth-order valence-corrected chi connectivity index (χ4v) is 5.57. The van der Waals surface area contributed by atoms with Crippen LogP contribution in [0.3, 0.4) is 0 Å². The van der Waals surface area contributed by atoms with Crippen molar-refractivity contribution in [1.29, 1.82) is 0 Å². The minimum atomic E-state index is -0.503. The van der Waals surface area contributed by atoms with Crippen molar-refractivity contribution >= 4 is 49.5 Å². The zero-order chi connectivity index (χ0) is 31.8. The summed E-state index contributed by atoms with van der Waals surface area (Å²) in [7, 11) is 0. The number of aliphatic imine (C=N–C) groups is 1. The van der Waals surface area contributed by atoms with Crippen LogP contribution in [-0.4, -0.2) is 37.9 Å². The molecule has 0 unspecified atom stereocenters. The zero-order valence-electron chi connectivity index (χ0n) is 25.4. The predicted molar refractivity (Wildman–Crippen MR) is 184 cm³/mol. The summed E-state index contributed by atoms with van der Waals surface area (Å²) < 4.78 is 21.9. The molecule has 228 valence electrons.